The second kappa shape index (κ2) is 11.1. The molecule has 3 aromatic rings. The number of benzene rings is 2. The molecule has 1 aromatic heterocycles. The number of likely N-dealkylation sites (tertiary alicyclic amines) is 1. The number of nitrogens with zero attached hydrogens (tertiary/aromatic N) is 3. The summed E-state index contributed by atoms with van der Waals surface area (Å²) in [6.07, 6.45) is 3.73. The molecule has 3 atom stereocenters. The molecule has 9 nitrogen and oxygen atoms in total. The standard InChI is InChI=1S/C30H33N5O4S/c1-18-14-22(39-21-8-4-6-19(15-21)17-38-3)9-10-23(18)35-24-11-12-31-29-25(24)26(33-30(35)37)27(40-29)28(36)32-20-7-5-13-34(2)16-20/h4,6,8-12,14-15,20,26-27H,5,7,13,16-17H2,1-3H3,(H,32,36)(H,33,37)/t20?,26?,27-/m1/s1. The molecule has 1 saturated heterocycles. The van der Waals surface area contributed by atoms with Gasteiger partial charge < -0.3 is 25.0 Å². The molecule has 6 rings (SSSR count). The summed E-state index contributed by atoms with van der Waals surface area (Å²) in [5.41, 5.74) is 4.29. The van der Waals surface area contributed by atoms with E-state index in [-0.39, 0.29) is 18.0 Å². The number of pyridine rings is 1. The quantitative estimate of drug-likeness (QED) is 0.424. The molecule has 1 fully saturated rings. The molecule has 0 aliphatic carbocycles. The summed E-state index contributed by atoms with van der Waals surface area (Å²) >= 11 is 1.43. The normalized spacial score (nSPS) is 22.0. The summed E-state index contributed by atoms with van der Waals surface area (Å²) in [6, 6.07) is 14.7. The van der Waals surface area contributed by atoms with E-state index in [9.17, 15) is 9.59 Å². The van der Waals surface area contributed by atoms with Crippen molar-refractivity contribution in [2.75, 3.05) is 32.1 Å². The summed E-state index contributed by atoms with van der Waals surface area (Å²) in [5, 5.41) is 6.65. The minimum atomic E-state index is -0.465. The number of amides is 3. The first kappa shape index (κ1) is 26.6. The highest BCUT2D eigenvalue weighted by atomic mass is 32.2. The number of hydrogen-bond donors (Lipinski definition) is 2. The first-order chi connectivity index (χ1) is 19.4. The van der Waals surface area contributed by atoms with E-state index in [1.165, 1.54) is 11.8 Å². The lowest BCUT2D eigenvalue weighted by Crippen LogP contribution is -2.52. The van der Waals surface area contributed by atoms with Crippen LogP contribution < -0.4 is 20.3 Å². The van der Waals surface area contributed by atoms with Gasteiger partial charge in [0.15, 0.2) is 0 Å². The second-order valence-corrected chi connectivity index (χ2v) is 11.7. The molecule has 2 N–H and O–H groups in total. The first-order valence-electron chi connectivity index (χ1n) is 13.5. The highest BCUT2D eigenvalue weighted by Gasteiger charge is 2.47. The van der Waals surface area contributed by atoms with Gasteiger partial charge in [-0.05, 0) is 80.9 Å². The number of urea groups is 1. The zero-order chi connectivity index (χ0) is 27.8. The van der Waals surface area contributed by atoms with Crippen LogP contribution in [0.15, 0.2) is 59.8 Å². The van der Waals surface area contributed by atoms with Gasteiger partial charge >= 0.3 is 6.03 Å². The third-order valence-electron chi connectivity index (χ3n) is 7.59. The Bertz CT molecular complexity index is 1450. The number of carbonyl (C=O) groups excluding carboxylic acids is 2. The van der Waals surface area contributed by atoms with Gasteiger partial charge in [0.2, 0.25) is 5.91 Å². The van der Waals surface area contributed by atoms with E-state index < -0.39 is 11.3 Å². The van der Waals surface area contributed by atoms with Gasteiger partial charge in [0.05, 0.1) is 24.0 Å². The number of ether oxygens (including phenoxy) is 2. The van der Waals surface area contributed by atoms with Crippen LogP contribution in [0.1, 0.15) is 35.6 Å². The number of thioether (sulfide) groups is 1. The molecule has 2 unspecified atom stereocenters. The minimum absolute atomic E-state index is 0.0553. The van der Waals surface area contributed by atoms with Crippen LogP contribution in [0, 0.1) is 6.92 Å². The lowest BCUT2D eigenvalue weighted by molar-refractivity contribution is -0.122. The highest BCUT2D eigenvalue weighted by molar-refractivity contribution is 8.01. The number of carbonyl (C=O) groups is 2. The van der Waals surface area contributed by atoms with Gasteiger partial charge in [-0.25, -0.2) is 9.78 Å². The van der Waals surface area contributed by atoms with Crippen molar-refractivity contribution in [1.29, 1.82) is 0 Å². The minimum Gasteiger partial charge on any atom is -0.457 e. The van der Waals surface area contributed by atoms with Crippen molar-refractivity contribution in [1.82, 2.24) is 20.5 Å². The van der Waals surface area contributed by atoms with Gasteiger partial charge in [0.1, 0.15) is 21.8 Å². The van der Waals surface area contributed by atoms with Crippen molar-refractivity contribution in [3.63, 3.8) is 0 Å². The molecule has 4 heterocycles. The maximum absolute atomic E-state index is 13.6. The molecule has 0 radical (unpaired) electrons. The summed E-state index contributed by atoms with van der Waals surface area (Å²) in [4.78, 5) is 35.4. The smallest absolute Gasteiger partial charge is 0.327 e. The Morgan fingerprint density at radius 3 is 2.83 bits per heavy atom. The molecule has 2 aromatic carbocycles. The van der Waals surface area contributed by atoms with E-state index in [2.05, 4.69) is 27.6 Å². The van der Waals surface area contributed by atoms with Crippen LogP contribution in [-0.4, -0.2) is 60.4 Å². The van der Waals surface area contributed by atoms with E-state index in [0.717, 1.165) is 59.0 Å². The maximum atomic E-state index is 13.6. The number of likely N-dealkylation sites (N-methyl/N-ethyl adjacent to an activating group) is 1. The van der Waals surface area contributed by atoms with E-state index in [1.54, 1.807) is 18.2 Å². The first-order valence-corrected chi connectivity index (χ1v) is 14.4. The number of anilines is 2. The van der Waals surface area contributed by atoms with Crippen molar-refractivity contribution in [3.8, 4) is 11.5 Å². The zero-order valence-electron chi connectivity index (χ0n) is 22.8. The summed E-state index contributed by atoms with van der Waals surface area (Å²) in [6.45, 7) is 4.35. The zero-order valence-corrected chi connectivity index (χ0v) is 23.7. The number of aromatic nitrogens is 1. The number of methoxy groups -OCH3 is 1. The molecular formula is C30H33N5O4S. The lowest BCUT2D eigenvalue weighted by Gasteiger charge is -2.35. The van der Waals surface area contributed by atoms with Crippen molar-refractivity contribution in [2.24, 2.45) is 0 Å². The SMILES string of the molecule is COCc1cccc(Oc2ccc(N3C(=O)NC4c5c3ccnc5S[C@H]4C(=O)NC3CCCN(C)C3)c(C)c2)c1. The largest absolute Gasteiger partial charge is 0.457 e. The Kier molecular flexibility index (Phi) is 7.39. The number of nitrogens with one attached hydrogen (secondary N) is 2. The van der Waals surface area contributed by atoms with E-state index in [4.69, 9.17) is 9.47 Å². The number of aryl methyl sites for hydroxylation is 1. The fourth-order valence-electron chi connectivity index (χ4n) is 5.78. The molecule has 0 bridgehead atoms. The van der Waals surface area contributed by atoms with Crippen LogP contribution >= 0.6 is 11.8 Å². The highest BCUT2D eigenvalue weighted by Crippen LogP contribution is 2.51. The Morgan fingerprint density at radius 2 is 2.02 bits per heavy atom. The Balaban J connectivity index is 1.24. The van der Waals surface area contributed by atoms with Crippen molar-refractivity contribution in [3.05, 3.63) is 71.4 Å². The molecule has 0 saturated carbocycles. The van der Waals surface area contributed by atoms with Gasteiger partial charge in [-0.2, -0.15) is 0 Å². The predicted molar refractivity (Wildman–Crippen MR) is 154 cm³/mol. The molecule has 40 heavy (non-hydrogen) atoms. The number of hydrogen-bond acceptors (Lipinski definition) is 7. The molecule has 10 heteroatoms. The van der Waals surface area contributed by atoms with Gasteiger partial charge in [0, 0.05) is 31.5 Å². The molecule has 0 spiro atoms. The summed E-state index contributed by atoms with van der Waals surface area (Å²) in [5.74, 6) is 1.33. The van der Waals surface area contributed by atoms with Crippen LogP contribution in [0.25, 0.3) is 0 Å². The van der Waals surface area contributed by atoms with Crippen LogP contribution in [0.2, 0.25) is 0 Å². The van der Waals surface area contributed by atoms with Gasteiger partial charge in [0.25, 0.3) is 0 Å². The van der Waals surface area contributed by atoms with Gasteiger partial charge in [-0.1, -0.05) is 23.9 Å². The van der Waals surface area contributed by atoms with Crippen LogP contribution in [0.4, 0.5) is 16.2 Å². The Labute approximate surface area is 238 Å². The van der Waals surface area contributed by atoms with Crippen LogP contribution in [-0.2, 0) is 16.1 Å². The molecule has 3 aliphatic heterocycles. The average molecular weight is 560 g/mol. The monoisotopic (exact) mass is 559 g/mol. The third kappa shape index (κ3) is 5.14. The topological polar surface area (TPSA) is 96.0 Å². The van der Waals surface area contributed by atoms with Crippen molar-refractivity contribution < 1.29 is 19.1 Å². The average Bonchev–Trinajstić information content (AvgIpc) is 3.30. The summed E-state index contributed by atoms with van der Waals surface area (Å²) in [7, 11) is 3.74. The Morgan fingerprint density at radius 1 is 1.18 bits per heavy atom. The second-order valence-electron chi connectivity index (χ2n) is 10.6. The van der Waals surface area contributed by atoms with Gasteiger partial charge in [-0.15, -0.1) is 0 Å². The van der Waals surface area contributed by atoms with Crippen LogP contribution in [0.3, 0.4) is 0 Å². The lowest BCUT2D eigenvalue weighted by atomic mass is 9.98. The fourth-order valence-corrected chi connectivity index (χ4v) is 7.01. The van der Waals surface area contributed by atoms with E-state index >= 15 is 0 Å². The predicted octanol–water partition coefficient (Wildman–Crippen LogP) is 4.92. The fraction of sp³-hybridized carbons (Fsp3) is 0.367. The summed E-state index contributed by atoms with van der Waals surface area (Å²) < 4.78 is 11.3. The third-order valence-corrected chi connectivity index (χ3v) is 8.88. The van der Waals surface area contributed by atoms with Crippen molar-refractivity contribution >= 4 is 35.1 Å². The maximum Gasteiger partial charge on any atom is 0.327 e. The van der Waals surface area contributed by atoms with Gasteiger partial charge in [-0.3, -0.25) is 9.69 Å². The van der Waals surface area contributed by atoms with E-state index in [0.29, 0.717) is 18.1 Å². The number of rotatable bonds is 7. The molecule has 208 valence electrons. The van der Waals surface area contributed by atoms with Crippen molar-refractivity contribution in [2.45, 2.75) is 48.7 Å². The Hall–Kier alpha value is -3.60. The molecule has 3 amide bonds. The van der Waals surface area contributed by atoms with Crippen LogP contribution in [0.5, 0.6) is 11.5 Å². The number of piperidine rings is 1. The molecular weight excluding hydrogens is 526 g/mol. The molecule has 3 aliphatic rings. The van der Waals surface area contributed by atoms with E-state index in [1.807, 2.05) is 55.5 Å².